The Kier molecular flexibility index (Phi) is 5.71. The number of alkyl halides is 3. The molecular formula is C19H20F3N5O2. The van der Waals surface area contributed by atoms with E-state index in [1.54, 1.807) is 50.0 Å². The number of fused-ring (bicyclic) bond motifs is 1. The van der Waals surface area contributed by atoms with Crippen molar-refractivity contribution in [2.24, 2.45) is 5.92 Å². The molecule has 3 aromatic rings. The topological polar surface area (TPSA) is 81.9 Å². The zero-order valence-corrected chi connectivity index (χ0v) is 16.1. The van der Waals surface area contributed by atoms with Crippen LogP contribution in [0.4, 0.5) is 19.0 Å². The molecule has 0 aliphatic carbocycles. The average Bonchev–Trinajstić information content (AvgIpc) is 3.03. The van der Waals surface area contributed by atoms with E-state index in [0.717, 1.165) is 0 Å². The van der Waals surface area contributed by atoms with Gasteiger partial charge in [0.2, 0.25) is 5.91 Å². The van der Waals surface area contributed by atoms with Crippen LogP contribution >= 0.6 is 0 Å². The third-order valence-corrected chi connectivity index (χ3v) is 4.08. The van der Waals surface area contributed by atoms with E-state index < -0.39 is 12.8 Å². The van der Waals surface area contributed by atoms with E-state index in [0.29, 0.717) is 34.5 Å². The summed E-state index contributed by atoms with van der Waals surface area (Å²) in [6, 6.07) is 3.38. The Hall–Kier alpha value is -3.17. The van der Waals surface area contributed by atoms with E-state index in [2.05, 4.69) is 20.4 Å². The van der Waals surface area contributed by atoms with Gasteiger partial charge in [-0.1, -0.05) is 13.8 Å². The van der Waals surface area contributed by atoms with Crippen LogP contribution in [0.15, 0.2) is 30.7 Å². The summed E-state index contributed by atoms with van der Waals surface area (Å²) in [6.07, 6.45) is 0.167. The normalized spacial score (nSPS) is 11.8. The number of nitrogens with one attached hydrogen (secondary N) is 1. The summed E-state index contributed by atoms with van der Waals surface area (Å²) < 4.78 is 43.3. The molecule has 0 saturated carbocycles. The molecule has 154 valence electrons. The van der Waals surface area contributed by atoms with Crippen molar-refractivity contribution in [3.8, 4) is 5.75 Å². The molecule has 0 aromatic carbocycles. The van der Waals surface area contributed by atoms with E-state index >= 15 is 0 Å². The minimum atomic E-state index is -4.41. The van der Waals surface area contributed by atoms with Gasteiger partial charge >= 0.3 is 6.18 Å². The minimum Gasteiger partial charge on any atom is -0.482 e. The van der Waals surface area contributed by atoms with Crippen LogP contribution in [-0.2, 0) is 11.3 Å². The SMILES string of the molecule is Cc1cc(Cn2cc3c(NC(=O)C(C)C)nccc3n2)ncc1OCC(F)(F)F. The van der Waals surface area contributed by atoms with E-state index in [1.165, 1.54) is 6.20 Å². The van der Waals surface area contributed by atoms with Crippen molar-refractivity contribution < 1.29 is 22.7 Å². The summed E-state index contributed by atoms with van der Waals surface area (Å²) >= 11 is 0. The number of aromatic nitrogens is 4. The summed E-state index contributed by atoms with van der Waals surface area (Å²) in [6.45, 7) is 4.16. The molecular weight excluding hydrogens is 387 g/mol. The largest absolute Gasteiger partial charge is 0.482 e. The number of hydrogen-bond donors (Lipinski definition) is 1. The number of pyridine rings is 2. The van der Waals surface area contributed by atoms with Crippen LogP contribution in [0.25, 0.3) is 10.9 Å². The number of aryl methyl sites for hydroxylation is 1. The van der Waals surface area contributed by atoms with Crippen molar-refractivity contribution in [2.75, 3.05) is 11.9 Å². The molecule has 0 atom stereocenters. The number of hydrogen-bond acceptors (Lipinski definition) is 5. The molecule has 0 radical (unpaired) electrons. The molecule has 0 spiro atoms. The molecule has 0 aliphatic rings. The summed E-state index contributed by atoms with van der Waals surface area (Å²) in [5.41, 5.74) is 1.80. The summed E-state index contributed by atoms with van der Waals surface area (Å²) in [5.74, 6) is 0.170. The van der Waals surface area contributed by atoms with Gasteiger partial charge in [-0.3, -0.25) is 14.5 Å². The van der Waals surface area contributed by atoms with Crippen LogP contribution in [0, 0.1) is 12.8 Å². The zero-order valence-electron chi connectivity index (χ0n) is 16.1. The molecule has 3 rings (SSSR count). The van der Waals surface area contributed by atoms with Gasteiger partial charge in [0.1, 0.15) is 11.6 Å². The fourth-order valence-electron chi connectivity index (χ4n) is 2.60. The first kappa shape index (κ1) is 20.6. The van der Waals surface area contributed by atoms with Crippen molar-refractivity contribution in [1.29, 1.82) is 0 Å². The number of amides is 1. The first-order valence-electron chi connectivity index (χ1n) is 8.90. The highest BCUT2D eigenvalue weighted by atomic mass is 19.4. The van der Waals surface area contributed by atoms with Crippen LogP contribution in [0.5, 0.6) is 5.75 Å². The second kappa shape index (κ2) is 8.06. The van der Waals surface area contributed by atoms with Crippen molar-refractivity contribution in [2.45, 2.75) is 33.5 Å². The molecule has 1 amide bonds. The van der Waals surface area contributed by atoms with E-state index in [4.69, 9.17) is 4.74 Å². The molecule has 7 nitrogen and oxygen atoms in total. The van der Waals surface area contributed by atoms with Gasteiger partial charge in [0.25, 0.3) is 0 Å². The smallest absolute Gasteiger partial charge is 0.422 e. The van der Waals surface area contributed by atoms with Gasteiger partial charge in [0.05, 0.1) is 29.3 Å². The number of carbonyl (C=O) groups is 1. The number of carbonyl (C=O) groups excluding carboxylic acids is 1. The molecule has 0 unspecified atom stereocenters. The number of halogens is 3. The highest BCUT2D eigenvalue weighted by Crippen LogP contribution is 2.23. The zero-order chi connectivity index (χ0) is 21.2. The van der Waals surface area contributed by atoms with E-state index in [1.807, 2.05) is 0 Å². The fourth-order valence-corrected chi connectivity index (χ4v) is 2.60. The lowest BCUT2D eigenvalue weighted by Crippen LogP contribution is -2.19. The van der Waals surface area contributed by atoms with E-state index in [9.17, 15) is 18.0 Å². The predicted octanol–water partition coefficient (Wildman–Crippen LogP) is 3.72. The van der Waals surface area contributed by atoms with E-state index in [-0.39, 0.29) is 17.6 Å². The van der Waals surface area contributed by atoms with Crippen LogP contribution in [0.1, 0.15) is 25.1 Å². The lowest BCUT2D eigenvalue weighted by molar-refractivity contribution is -0.153. The highest BCUT2D eigenvalue weighted by Gasteiger charge is 2.28. The number of ether oxygens (including phenoxy) is 1. The Morgan fingerprint density at radius 2 is 2.07 bits per heavy atom. The van der Waals surface area contributed by atoms with Gasteiger partial charge in [-0.15, -0.1) is 0 Å². The standard InChI is InChI=1S/C19H20F3N5O2/c1-11(2)18(28)25-17-14-9-27(26-15(14)4-5-23-17)8-13-6-12(3)16(7-24-13)29-10-19(20,21)22/h4-7,9,11H,8,10H2,1-3H3,(H,23,25,28). The molecule has 0 bridgehead atoms. The molecule has 0 aliphatic heterocycles. The second-order valence-electron chi connectivity index (χ2n) is 6.91. The molecule has 29 heavy (non-hydrogen) atoms. The van der Waals surface area contributed by atoms with Gasteiger partial charge in [-0.05, 0) is 24.6 Å². The molecule has 0 fully saturated rings. The Bertz CT molecular complexity index is 1030. The van der Waals surface area contributed by atoms with Crippen LogP contribution in [-0.4, -0.2) is 38.4 Å². The summed E-state index contributed by atoms with van der Waals surface area (Å²) in [7, 11) is 0. The maximum atomic E-state index is 12.3. The Labute approximate surface area is 164 Å². The number of rotatable bonds is 6. The lowest BCUT2D eigenvalue weighted by atomic mass is 10.2. The van der Waals surface area contributed by atoms with Crippen LogP contribution < -0.4 is 10.1 Å². The Morgan fingerprint density at radius 1 is 1.31 bits per heavy atom. The lowest BCUT2D eigenvalue weighted by Gasteiger charge is -2.11. The van der Waals surface area contributed by atoms with Gasteiger partial charge in [0, 0.05) is 18.3 Å². The van der Waals surface area contributed by atoms with Crippen molar-refractivity contribution in [3.05, 3.63) is 42.0 Å². The number of nitrogens with zero attached hydrogens (tertiary/aromatic N) is 4. The first-order valence-corrected chi connectivity index (χ1v) is 8.90. The van der Waals surface area contributed by atoms with Crippen molar-refractivity contribution in [3.63, 3.8) is 0 Å². The average molecular weight is 407 g/mol. The molecule has 1 N–H and O–H groups in total. The van der Waals surface area contributed by atoms with Crippen molar-refractivity contribution in [1.82, 2.24) is 19.7 Å². The minimum absolute atomic E-state index is 0.0829. The second-order valence-corrected chi connectivity index (χ2v) is 6.91. The van der Waals surface area contributed by atoms with Gasteiger partial charge < -0.3 is 10.1 Å². The molecule has 10 heteroatoms. The van der Waals surface area contributed by atoms with Gasteiger partial charge in [-0.2, -0.15) is 18.3 Å². The Balaban J connectivity index is 1.78. The van der Waals surface area contributed by atoms with Gasteiger partial charge in [-0.25, -0.2) is 4.98 Å². The molecule has 3 heterocycles. The maximum absolute atomic E-state index is 12.3. The summed E-state index contributed by atoms with van der Waals surface area (Å²) in [5, 5.41) is 7.91. The fraction of sp³-hybridized carbons (Fsp3) is 0.368. The van der Waals surface area contributed by atoms with Crippen molar-refractivity contribution >= 4 is 22.6 Å². The van der Waals surface area contributed by atoms with Gasteiger partial charge in [0.15, 0.2) is 6.61 Å². The first-order chi connectivity index (χ1) is 13.6. The maximum Gasteiger partial charge on any atom is 0.422 e. The highest BCUT2D eigenvalue weighted by molar-refractivity contribution is 5.99. The Morgan fingerprint density at radius 3 is 2.72 bits per heavy atom. The third kappa shape index (κ3) is 5.21. The summed E-state index contributed by atoms with van der Waals surface area (Å²) in [4.78, 5) is 20.3. The predicted molar refractivity (Wildman–Crippen MR) is 101 cm³/mol. The monoisotopic (exact) mass is 407 g/mol. The quantitative estimate of drug-likeness (QED) is 0.674. The third-order valence-electron chi connectivity index (χ3n) is 4.08. The van der Waals surface area contributed by atoms with Crippen LogP contribution in [0.3, 0.4) is 0 Å². The molecule has 0 saturated heterocycles. The van der Waals surface area contributed by atoms with Crippen LogP contribution in [0.2, 0.25) is 0 Å². The number of anilines is 1. The molecule has 3 aromatic heterocycles.